The number of nitrogens with zero attached hydrogens (tertiary/aromatic N) is 1. The number of amides is 1. The minimum absolute atomic E-state index is 0.108. The first kappa shape index (κ1) is 16.8. The summed E-state index contributed by atoms with van der Waals surface area (Å²) in [7, 11) is 3.12. The Morgan fingerprint density at radius 3 is 2.68 bits per heavy atom. The van der Waals surface area contributed by atoms with Gasteiger partial charge >= 0.3 is 0 Å². The van der Waals surface area contributed by atoms with Gasteiger partial charge in [-0.3, -0.25) is 4.79 Å². The Hall–Kier alpha value is -3.02. The molecule has 0 saturated heterocycles. The van der Waals surface area contributed by atoms with E-state index in [0.29, 0.717) is 28.5 Å². The first-order valence-corrected chi connectivity index (χ1v) is 7.89. The molecule has 6 nitrogen and oxygen atoms in total. The second kappa shape index (κ2) is 6.84. The van der Waals surface area contributed by atoms with Crippen molar-refractivity contribution in [1.29, 1.82) is 0 Å². The zero-order valence-electron chi connectivity index (χ0n) is 14.7. The van der Waals surface area contributed by atoms with E-state index in [1.54, 1.807) is 32.4 Å². The molecule has 3 rings (SSSR count). The van der Waals surface area contributed by atoms with Crippen molar-refractivity contribution < 1.29 is 18.8 Å². The highest BCUT2D eigenvalue weighted by Gasteiger charge is 2.16. The molecule has 0 aliphatic rings. The molecule has 0 spiro atoms. The van der Waals surface area contributed by atoms with Gasteiger partial charge in [0, 0.05) is 11.5 Å². The van der Waals surface area contributed by atoms with Crippen molar-refractivity contribution >= 4 is 22.6 Å². The molecule has 25 heavy (non-hydrogen) atoms. The van der Waals surface area contributed by atoms with Crippen molar-refractivity contribution in [3.8, 4) is 11.5 Å². The van der Waals surface area contributed by atoms with Crippen LogP contribution in [0.5, 0.6) is 11.5 Å². The number of aryl methyl sites for hydroxylation is 2. The highest BCUT2D eigenvalue weighted by atomic mass is 16.5. The summed E-state index contributed by atoms with van der Waals surface area (Å²) >= 11 is 0. The maximum Gasteiger partial charge on any atom is 0.230 e. The number of rotatable bonds is 5. The van der Waals surface area contributed by atoms with Gasteiger partial charge in [0.15, 0.2) is 5.58 Å². The molecule has 1 heterocycles. The molecule has 1 amide bonds. The molecule has 0 aliphatic heterocycles. The second-order valence-corrected chi connectivity index (χ2v) is 5.88. The van der Waals surface area contributed by atoms with E-state index in [1.807, 2.05) is 26.0 Å². The van der Waals surface area contributed by atoms with Gasteiger partial charge in [0.25, 0.3) is 0 Å². The molecule has 0 radical (unpaired) electrons. The number of nitrogens with one attached hydrogen (secondary N) is 1. The van der Waals surface area contributed by atoms with Crippen LogP contribution in [0, 0.1) is 13.8 Å². The first-order chi connectivity index (χ1) is 12.0. The largest absolute Gasteiger partial charge is 0.497 e. The molecule has 1 N–H and O–H groups in total. The summed E-state index contributed by atoms with van der Waals surface area (Å²) in [4.78, 5) is 12.5. The normalized spacial score (nSPS) is 10.7. The molecule has 0 aliphatic carbocycles. The lowest BCUT2D eigenvalue weighted by Crippen LogP contribution is -2.15. The molecular weight excluding hydrogens is 320 g/mol. The average molecular weight is 340 g/mol. The predicted molar refractivity (Wildman–Crippen MR) is 95.4 cm³/mol. The van der Waals surface area contributed by atoms with Gasteiger partial charge in [-0.25, -0.2) is 0 Å². The van der Waals surface area contributed by atoms with Crippen molar-refractivity contribution in [3.63, 3.8) is 0 Å². The fraction of sp³-hybridized carbons (Fsp3) is 0.263. The molecule has 0 fully saturated rings. The number of hydrogen-bond acceptors (Lipinski definition) is 5. The molecule has 0 unspecified atom stereocenters. The summed E-state index contributed by atoms with van der Waals surface area (Å²) in [5, 5.41) is 7.80. The second-order valence-electron chi connectivity index (χ2n) is 5.88. The highest BCUT2D eigenvalue weighted by Crippen LogP contribution is 2.29. The van der Waals surface area contributed by atoms with Crippen LogP contribution in [0.4, 0.5) is 5.69 Å². The van der Waals surface area contributed by atoms with Gasteiger partial charge in [0.1, 0.15) is 17.2 Å². The third kappa shape index (κ3) is 3.42. The number of benzene rings is 2. The lowest BCUT2D eigenvalue weighted by molar-refractivity contribution is -0.115. The number of carbonyl (C=O) groups is 1. The van der Waals surface area contributed by atoms with Crippen LogP contribution >= 0.6 is 0 Å². The first-order valence-electron chi connectivity index (χ1n) is 7.89. The van der Waals surface area contributed by atoms with E-state index in [9.17, 15) is 4.79 Å². The van der Waals surface area contributed by atoms with E-state index in [2.05, 4.69) is 10.5 Å². The van der Waals surface area contributed by atoms with Crippen LogP contribution in [-0.2, 0) is 11.2 Å². The summed E-state index contributed by atoms with van der Waals surface area (Å²) in [6, 6.07) is 9.19. The van der Waals surface area contributed by atoms with Crippen LogP contribution in [0.25, 0.3) is 11.0 Å². The van der Waals surface area contributed by atoms with Crippen LogP contribution < -0.4 is 14.8 Å². The number of hydrogen-bond donors (Lipinski definition) is 1. The minimum Gasteiger partial charge on any atom is -0.497 e. The van der Waals surface area contributed by atoms with E-state index in [-0.39, 0.29) is 12.3 Å². The monoisotopic (exact) mass is 340 g/mol. The lowest BCUT2D eigenvalue weighted by atomic mass is 10.0. The Morgan fingerprint density at radius 1 is 1.16 bits per heavy atom. The summed E-state index contributed by atoms with van der Waals surface area (Å²) in [5.41, 5.74) is 4.00. The van der Waals surface area contributed by atoms with Crippen molar-refractivity contribution in [2.24, 2.45) is 0 Å². The summed E-state index contributed by atoms with van der Waals surface area (Å²) < 4.78 is 15.8. The van der Waals surface area contributed by atoms with Crippen molar-refractivity contribution in [3.05, 3.63) is 47.2 Å². The Bertz CT molecular complexity index is 931. The Kier molecular flexibility index (Phi) is 4.61. The smallest absolute Gasteiger partial charge is 0.230 e. The van der Waals surface area contributed by atoms with E-state index in [1.165, 1.54) is 0 Å². The number of aromatic nitrogens is 1. The number of ether oxygens (including phenoxy) is 2. The van der Waals surface area contributed by atoms with Gasteiger partial charge in [-0.1, -0.05) is 11.2 Å². The van der Waals surface area contributed by atoms with Crippen LogP contribution in [-0.4, -0.2) is 25.3 Å². The summed E-state index contributed by atoms with van der Waals surface area (Å²) in [6.45, 7) is 3.98. The quantitative estimate of drug-likeness (QED) is 0.767. The Balaban J connectivity index is 1.84. The minimum atomic E-state index is -0.207. The zero-order valence-corrected chi connectivity index (χ0v) is 14.7. The Morgan fingerprint density at radius 2 is 1.96 bits per heavy atom. The maximum atomic E-state index is 12.5. The van der Waals surface area contributed by atoms with Crippen molar-refractivity contribution in [2.75, 3.05) is 19.5 Å². The third-order valence-corrected chi connectivity index (χ3v) is 4.00. The maximum absolute atomic E-state index is 12.5. The van der Waals surface area contributed by atoms with Crippen LogP contribution in [0.3, 0.4) is 0 Å². The van der Waals surface area contributed by atoms with Crippen molar-refractivity contribution in [2.45, 2.75) is 20.3 Å². The molecule has 6 heteroatoms. The summed E-state index contributed by atoms with van der Waals surface area (Å²) in [6.07, 6.45) is 0.108. The number of methoxy groups -OCH3 is 2. The van der Waals surface area contributed by atoms with E-state index in [0.717, 1.165) is 16.5 Å². The van der Waals surface area contributed by atoms with Crippen LogP contribution in [0.15, 0.2) is 34.9 Å². The molecule has 1 aromatic heterocycles. The van der Waals surface area contributed by atoms with Gasteiger partial charge in [-0.05, 0) is 43.2 Å². The molecule has 3 aromatic rings. The molecule has 0 bridgehead atoms. The molecular formula is C19H20N2O4. The fourth-order valence-corrected chi connectivity index (χ4v) is 2.90. The zero-order chi connectivity index (χ0) is 18.0. The predicted octanol–water partition coefficient (Wildman–Crippen LogP) is 3.64. The van der Waals surface area contributed by atoms with E-state index < -0.39 is 0 Å². The van der Waals surface area contributed by atoms with Crippen molar-refractivity contribution in [1.82, 2.24) is 5.16 Å². The number of fused-ring (bicyclic) bond motifs is 1. The van der Waals surface area contributed by atoms with E-state index >= 15 is 0 Å². The molecule has 0 saturated carbocycles. The van der Waals surface area contributed by atoms with Gasteiger partial charge in [-0.2, -0.15) is 0 Å². The average Bonchev–Trinajstić information content (AvgIpc) is 2.97. The third-order valence-electron chi connectivity index (χ3n) is 4.00. The lowest BCUT2D eigenvalue weighted by Gasteiger charge is -2.11. The molecule has 130 valence electrons. The number of anilines is 1. The molecule has 0 atom stereocenters. The van der Waals surface area contributed by atoms with Crippen LogP contribution in [0.2, 0.25) is 0 Å². The van der Waals surface area contributed by atoms with Gasteiger partial charge < -0.3 is 19.3 Å². The van der Waals surface area contributed by atoms with Crippen LogP contribution in [0.1, 0.15) is 16.8 Å². The fourth-order valence-electron chi connectivity index (χ4n) is 2.90. The highest BCUT2D eigenvalue weighted by molar-refractivity contribution is 5.96. The standard InChI is InChI=1S/C19H20N2O4/c1-11-7-12(2)19-15(21-25-17(19)8-11)10-18(22)20-14-9-13(23-3)5-6-16(14)24-4/h5-9H,10H2,1-4H3,(H,20,22). The Labute approximate surface area is 145 Å². The topological polar surface area (TPSA) is 73.6 Å². The van der Waals surface area contributed by atoms with Gasteiger partial charge in [0.05, 0.1) is 26.3 Å². The van der Waals surface area contributed by atoms with Gasteiger partial charge in [-0.15, -0.1) is 0 Å². The molecule has 2 aromatic carbocycles. The van der Waals surface area contributed by atoms with E-state index in [4.69, 9.17) is 14.0 Å². The van der Waals surface area contributed by atoms with Gasteiger partial charge in [0.2, 0.25) is 5.91 Å². The number of carbonyl (C=O) groups excluding carboxylic acids is 1. The SMILES string of the molecule is COc1ccc(OC)c(NC(=O)Cc2noc3cc(C)cc(C)c23)c1. The summed E-state index contributed by atoms with van der Waals surface area (Å²) in [5.74, 6) is 0.988.